The Morgan fingerprint density at radius 2 is 1.95 bits per heavy atom. The summed E-state index contributed by atoms with van der Waals surface area (Å²) in [6.07, 6.45) is 2.34. The Bertz CT molecular complexity index is 409. The van der Waals surface area contributed by atoms with Gasteiger partial charge in [-0.3, -0.25) is 0 Å². The van der Waals surface area contributed by atoms with Crippen molar-refractivity contribution in [1.29, 1.82) is 0 Å². The van der Waals surface area contributed by atoms with Gasteiger partial charge in [0.2, 0.25) is 0 Å². The predicted octanol–water partition coefficient (Wildman–Crippen LogP) is 2.92. The molecule has 3 unspecified atom stereocenters. The number of hydrogen-bond acceptors (Lipinski definition) is 3. The summed E-state index contributed by atoms with van der Waals surface area (Å²) < 4.78 is -0.377. The maximum atomic E-state index is 12.9. The molecule has 1 aliphatic carbocycles. The first-order valence-electron chi connectivity index (χ1n) is 7.07. The van der Waals surface area contributed by atoms with Crippen LogP contribution in [-0.2, 0) is 4.79 Å². The smallest absolute Gasteiger partial charge is 0.435 e. The van der Waals surface area contributed by atoms with Crippen molar-refractivity contribution in [1.82, 2.24) is 0 Å². The second-order valence-corrected chi connectivity index (χ2v) is 7.34. The summed E-state index contributed by atoms with van der Waals surface area (Å²) in [4.78, 5) is 24.6. The Labute approximate surface area is 120 Å². The van der Waals surface area contributed by atoms with Crippen LogP contribution in [0.3, 0.4) is 0 Å². The van der Waals surface area contributed by atoms with Gasteiger partial charge in [0.1, 0.15) is 6.04 Å². The van der Waals surface area contributed by atoms with E-state index in [4.69, 9.17) is 0 Å². The van der Waals surface area contributed by atoms with Crippen molar-refractivity contribution in [3.8, 4) is 0 Å². The monoisotopic (exact) mass is 286 g/mol. The molecule has 4 nitrogen and oxygen atoms in total. The molecule has 0 radical (unpaired) electrons. The van der Waals surface area contributed by atoms with E-state index in [9.17, 15) is 14.7 Å². The van der Waals surface area contributed by atoms with Gasteiger partial charge in [-0.25, -0.2) is 4.79 Å². The first-order chi connectivity index (χ1) is 8.73. The molecule has 4 atom stereocenters. The van der Waals surface area contributed by atoms with Crippen molar-refractivity contribution in [3.05, 3.63) is 0 Å². The molecular weight excluding hydrogens is 262 g/mol. The maximum absolute atomic E-state index is 12.9. The zero-order valence-electron chi connectivity index (χ0n) is 11.9. The first-order valence-corrected chi connectivity index (χ1v) is 7.59. The van der Waals surface area contributed by atoms with E-state index in [2.05, 4.69) is 26.5 Å². The summed E-state index contributed by atoms with van der Waals surface area (Å²) in [7, 11) is 0. The summed E-state index contributed by atoms with van der Waals surface area (Å²) in [5, 5.41) is 9.57. The molecule has 2 fully saturated rings. The van der Waals surface area contributed by atoms with E-state index in [1.54, 1.807) is 0 Å². The van der Waals surface area contributed by atoms with Crippen molar-refractivity contribution in [2.75, 3.05) is 6.54 Å². The van der Waals surface area contributed by atoms with Gasteiger partial charge in [-0.2, -0.15) is 21.9 Å². The lowest BCUT2D eigenvalue weighted by molar-refractivity contribution is -0.794. The molecule has 0 spiro atoms. The Morgan fingerprint density at radius 1 is 1.32 bits per heavy atom. The van der Waals surface area contributed by atoms with Gasteiger partial charge in [-0.15, -0.1) is 0 Å². The second-order valence-electron chi connectivity index (χ2n) is 6.78. The molecular formula is C14H24NO3S+. The lowest BCUT2D eigenvalue weighted by Crippen LogP contribution is -2.61. The number of carboxylic acid groups (broad SMARTS) is 1. The van der Waals surface area contributed by atoms with Crippen LogP contribution in [0.15, 0.2) is 0 Å². The number of rotatable bonds is 1. The first kappa shape index (κ1) is 14.9. The number of nitrogens with zero attached hydrogens (tertiary/aromatic N) is 1. The van der Waals surface area contributed by atoms with Gasteiger partial charge in [-0.05, 0) is 25.2 Å². The third-order valence-electron chi connectivity index (χ3n) is 5.22. The van der Waals surface area contributed by atoms with Crippen molar-refractivity contribution >= 4 is 24.6 Å². The van der Waals surface area contributed by atoms with Gasteiger partial charge in [0, 0.05) is 18.1 Å². The van der Waals surface area contributed by atoms with Crippen LogP contribution < -0.4 is 0 Å². The van der Waals surface area contributed by atoms with E-state index in [0.717, 1.165) is 25.7 Å². The summed E-state index contributed by atoms with van der Waals surface area (Å²) in [5.74, 6) is -0.349. The van der Waals surface area contributed by atoms with Gasteiger partial charge < -0.3 is 5.11 Å². The van der Waals surface area contributed by atoms with Crippen LogP contribution in [0.25, 0.3) is 0 Å². The molecule has 108 valence electrons. The minimum atomic E-state index is -0.986. The van der Waals surface area contributed by atoms with Crippen LogP contribution >= 0.6 is 12.6 Å². The third kappa shape index (κ3) is 2.11. The van der Waals surface area contributed by atoms with E-state index < -0.39 is 6.09 Å². The minimum absolute atomic E-state index is 0.00882. The van der Waals surface area contributed by atoms with Gasteiger partial charge >= 0.3 is 12.0 Å². The fourth-order valence-corrected chi connectivity index (χ4v) is 4.12. The standard InChI is InChI=1S/C14H23NO3S/c1-9-5-4-8-15(9,13(17)18)12(16)10-6-7-14(2,3)11(10)19/h9-11H,4-8H2,1-3H3,(H-,17,18,19)/p+1/t9-,10?,11?,15?/m1/s1. The van der Waals surface area contributed by atoms with Crippen LogP contribution in [0.1, 0.15) is 46.5 Å². The number of thiol groups is 1. The fraction of sp³-hybridized carbons (Fsp3) is 0.857. The quantitative estimate of drug-likeness (QED) is 0.575. The molecule has 0 aromatic rings. The zero-order chi connectivity index (χ0) is 14.4. The van der Waals surface area contributed by atoms with Crippen LogP contribution in [-0.4, -0.2) is 39.4 Å². The van der Waals surface area contributed by atoms with Crippen LogP contribution in [0.2, 0.25) is 0 Å². The van der Waals surface area contributed by atoms with Crippen molar-refractivity contribution in [2.24, 2.45) is 11.3 Å². The Hall–Kier alpha value is -0.550. The minimum Gasteiger partial charge on any atom is -0.435 e. The number of quaternary nitrogens is 1. The fourth-order valence-electron chi connectivity index (χ4n) is 3.72. The normalized spacial score (nSPS) is 41.4. The summed E-state index contributed by atoms with van der Waals surface area (Å²) in [5.41, 5.74) is 0.00882. The molecule has 0 aromatic heterocycles. The van der Waals surface area contributed by atoms with Gasteiger partial charge in [0.15, 0.2) is 0 Å². The van der Waals surface area contributed by atoms with Crippen molar-refractivity contribution < 1.29 is 19.2 Å². The molecule has 1 aliphatic heterocycles. The Balaban J connectivity index is 2.30. The Morgan fingerprint density at radius 3 is 2.32 bits per heavy atom. The molecule has 1 heterocycles. The van der Waals surface area contributed by atoms with Crippen molar-refractivity contribution in [3.63, 3.8) is 0 Å². The molecule has 2 rings (SSSR count). The van der Waals surface area contributed by atoms with Gasteiger partial charge in [0.25, 0.3) is 0 Å². The van der Waals surface area contributed by atoms with Crippen LogP contribution in [0.4, 0.5) is 4.79 Å². The lowest BCUT2D eigenvalue weighted by Gasteiger charge is -2.34. The molecule has 2 amide bonds. The summed E-state index contributed by atoms with van der Waals surface area (Å²) in [6.45, 7) is 6.53. The number of carbonyl (C=O) groups excluding carboxylic acids is 1. The average molecular weight is 286 g/mol. The number of imide groups is 1. The molecule has 19 heavy (non-hydrogen) atoms. The predicted molar refractivity (Wildman–Crippen MR) is 76.1 cm³/mol. The second kappa shape index (κ2) is 4.77. The summed E-state index contributed by atoms with van der Waals surface area (Å²) >= 11 is 4.61. The zero-order valence-corrected chi connectivity index (χ0v) is 12.8. The Kier molecular flexibility index (Phi) is 3.73. The maximum Gasteiger partial charge on any atom is 0.521 e. The number of hydrogen-bond donors (Lipinski definition) is 2. The summed E-state index contributed by atoms with van der Waals surface area (Å²) in [6, 6.07) is -0.116. The van der Waals surface area contributed by atoms with E-state index in [-0.39, 0.29) is 33.0 Å². The molecule has 2 aliphatic rings. The lowest BCUT2D eigenvalue weighted by atomic mass is 9.89. The topological polar surface area (TPSA) is 54.4 Å². The molecule has 0 aromatic carbocycles. The van der Waals surface area contributed by atoms with Crippen LogP contribution in [0.5, 0.6) is 0 Å². The number of amides is 2. The molecule has 1 saturated carbocycles. The number of carbonyl (C=O) groups is 2. The van der Waals surface area contributed by atoms with E-state index in [0.29, 0.717) is 6.54 Å². The highest BCUT2D eigenvalue weighted by Crippen LogP contribution is 2.47. The molecule has 5 heteroatoms. The third-order valence-corrected chi connectivity index (χ3v) is 6.28. The van der Waals surface area contributed by atoms with Crippen LogP contribution in [0, 0.1) is 11.3 Å². The van der Waals surface area contributed by atoms with E-state index in [1.165, 1.54) is 0 Å². The van der Waals surface area contributed by atoms with Gasteiger partial charge in [0.05, 0.1) is 12.5 Å². The highest BCUT2D eigenvalue weighted by Gasteiger charge is 2.58. The molecule has 1 saturated heterocycles. The van der Waals surface area contributed by atoms with Gasteiger partial charge in [-0.1, -0.05) is 13.8 Å². The molecule has 1 N–H and O–H groups in total. The largest absolute Gasteiger partial charge is 0.521 e. The molecule has 0 bridgehead atoms. The van der Waals surface area contributed by atoms with Crippen molar-refractivity contribution in [2.45, 2.75) is 57.7 Å². The average Bonchev–Trinajstić information content (AvgIpc) is 2.82. The van der Waals surface area contributed by atoms with E-state index in [1.807, 2.05) is 6.92 Å². The van der Waals surface area contributed by atoms with E-state index >= 15 is 0 Å². The highest BCUT2D eigenvalue weighted by atomic mass is 32.1. The number of likely N-dealkylation sites (tertiary alicyclic amines) is 1. The SMILES string of the molecule is C[C@@H]1CCC[N+]1(C(=O)O)C(=O)C1CCC(C)(C)C1S. The highest BCUT2D eigenvalue weighted by molar-refractivity contribution is 7.81.